The first-order valence-corrected chi connectivity index (χ1v) is 6.30. The van der Waals surface area contributed by atoms with Gasteiger partial charge in [-0.15, -0.1) is 5.10 Å². The number of hydrogen-bond donors (Lipinski definition) is 1. The number of pyridine rings is 1. The second-order valence-electron chi connectivity index (χ2n) is 4.41. The maximum Gasteiger partial charge on any atom is 0.126 e. The van der Waals surface area contributed by atoms with E-state index in [0.717, 1.165) is 24.0 Å². The first-order valence-electron chi connectivity index (χ1n) is 6.30. The van der Waals surface area contributed by atoms with E-state index in [1.54, 1.807) is 21.6 Å². The summed E-state index contributed by atoms with van der Waals surface area (Å²) in [5, 5.41) is 22.6. The minimum atomic E-state index is -0.763. The summed E-state index contributed by atoms with van der Waals surface area (Å²) in [6.07, 6.45) is 5.32. The predicted molar refractivity (Wildman–Crippen MR) is 69.6 cm³/mol. The average molecular weight is 257 g/mol. The Hall–Kier alpha value is -2.21. The third-order valence-electron chi connectivity index (χ3n) is 3.11. The van der Waals surface area contributed by atoms with Crippen LogP contribution >= 0.6 is 0 Å². The van der Waals surface area contributed by atoms with Crippen molar-refractivity contribution in [3.63, 3.8) is 0 Å². The molecule has 0 radical (unpaired) electrons. The van der Waals surface area contributed by atoms with Crippen LogP contribution in [0.5, 0.6) is 0 Å². The number of aliphatic hydroxyl groups excluding tert-OH is 1. The van der Waals surface area contributed by atoms with E-state index in [1.807, 2.05) is 24.4 Å². The quantitative estimate of drug-likeness (QED) is 0.767. The van der Waals surface area contributed by atoms with Gasteiger partial charge < -0.3 is 5.11 Å². The number of aromatic nitrogens is 5. The summed E-state index contributed by atoms with van der Waals surface area (Å²) in [6.45, 7) is 2.80. The van der Waals surface area contributed by atoms with Gasteiger partial charge in [-0.1, -0.05) is 18.2 Å². The normalized spacial score (nSPS) is 12.9. The third-order valence-corrected chi connectivity index (χ3v) is 3.11. The number of hydrogen-bond acceptors (Lipinski definition) is 4. The molecule has 3 rings (SSSR count). The van der Waals surface area contributed by atoms with E-state index in [2.05, 4.69) is 22.3 Å². The standard InChI is InChI=1S/C13H15N5O/c1-2-6-18-12(9-14-16-18)13(19)10-8-15-17-7-4-3-5-11(10)17/h3-5,7-9,13,19H,2,6H2,1H3. The summed E-state index contributed by atoms with van der Waals surface area (Å²) in [4.78, 5) is 0. The Labute approximate surface area is 110 Å². The highest BCUT2D eigenvalue weighted by Crippen LogP contribution is 2.24. The molecule has 6 nitrogen and oxygen atoms in total. The molecule has 0 aliphatic heterocycles. The molecular weight excluding hydrogens is 242 g/mol. The van der Waals surface area contributed by atoms with Crippen LogP contribution in [-0.2, 0) is 6.54 Å². The number of aryl methyl sites for hydroxylation is 1. The molecular formula is C13H15N5O. The van der Waals surface area contributed by atoms with Gasteiger partial charge in [-0.25, -0.2) is 9.20 Å². The first kappa shape index (κ1) is 11.9. The van der Waals surface area contributed by atoms with Gasteiger partial charge >= 0.3 is 0 Å². The van der Waals surface area contributed by atoms with Crippen LogP contribution in [0.15, 0.2) is 36.8 Å². The van der Waals surface area contributed by atoms with Crippen molar-refractivity contribution in [2.24, 2.45) is 0 Å². The van der Waals surface area contributed by atoms with Crippen LogP contribution < -0.4 is 0 Å². The molecule has 98 valence electrons. The Morgan fingerprint density at radius 2 is 2.21 bits per heavy atom. The van der Waals surface area contributed by atoms with Crippen molar-refractivity contribution in [3.05, 3.63) is 48.0 Å². The Morgan fingerprint density at radius 3 is 3.05 bits per heavy atom. The van der Waals surface area contributed by atoms with E-state index in [-0.39, 0.29) is 0 Å². The van der Waals surface area contributed by atoms with Gasteiger partial charge in [-0.05, 0) is 18.6 Å². The summed E-state index contributed by atoms with van der Waals surface area (Å²) >= 11 is 0. The van der Waals surface area contributed by atoms with Gasteiger partial charge in [0.25, 0.3) is 0 Å². The molecule has 1 unspecified atom stereocenters. The van der Waals surface area contributed by atoms with Gasteiger partial charge in [0.2, 0.25) is 0 Å². The van der Waals surface area contributed by atoms with Gasteiger partial charge in [0.05, 0.1) is 23.6 Å². The molecule has 6 heteroatoms. The smallest absolute Gasteiger partial charge is 0.126 e. The van der Waals surface area contributed by atoms with Gasteiger partial charge in [-0.2, -0.15) is 5.10 Å². The SMILES string of the molecule is CCCn1nncc1C(O)c1cnn2ccccc12. The third kappa shape index (κ3) is 2.00. The minimum absolute atomic E-state index is 0.695. The molecule has 1 atom stereocenters. The van der Waals surface area contributed by atoms with Crippen molar-refractivity contribution >= 4 is 5.52 Å². The van der Waals surface area contributed by atoms with E-state index in [1.165, 1.54) is 0 Å². The Kier molecular flexibility index (Phi) is 3.00. The van der Waals surface area contributed by atoms with Crippen molar-refractivity contribution in [1.82, 2.24) is 24.6 Å². The topological polar surface area (TPSA) is 68.2 Å². The largest absolute Gasteiger partial charge is 0.382 e. The maximum absolute atomic E-state index is 10.5. The number of rotatable bonds is 4. The molecule has 0 spiro atoms. The lowest BCUT2D eigenvalue weighted by molar-refractivity contribution is 0.209. The zero-order valence-corrected chi connectivity index (χ0v) is 10.6. The molecule has 3 aromatic heterocycles. The summed E-state index contributed by atoms with van der Waals surface area (Å²) in [5.41, 5.74) is 2.35. The summed E-state index contributed by atoms with van der Waals surface area (Å²) in [5.74, 6) is 0. The fourth-order valence-corrected chi connectivity index (χ4v) is 2.19. The van der Waals surface area contributed by atoms with Crippen LogP contribution in [0.2, 0.25) is 0 Å². The molecule has 0 aromatic carbocycles. The van der Waals surface area contributed by atoms with Crippen LogP contribution in [-0.4, -0.2) is 29.7 Å². The van der Waals surface area contributed by atoms with Crippen molar-refractivity contribution in [1.29, 1.82) is 0 Å². The highest BCUT2D eigenvalue weighted by Gasteiger charge is 2.19. The van der Waals surface area contributed by atoms with Gasteiger partial charge in [-0.3, -0.25) is 0 Å². The lowest BCUT2D eigenvalue weighted by atomic mass is 10.1. The number of nitrogens with zero attached hydrogens (tertiary/aromatic N) is 5. The molecule has 0 amide bonds. The van der Waals surface area contributed by atoms with Crippen molar-refractivity contribution in [3.8, 4) is 0 Å². The lowest BCUT2D eigenvalue weighted by Crippen LogP contribution is -2.10. The Bertz CT molecular complexity index is 687. The number of aliphatic hydroxyl groups is 1. The highest BCUT2D eigenvalue weighted by molar-refractivity contribution is 5.55. The fraction of sp³-hybridized carbons (Fsp3) is 0.308. The molecule has 3 heterocycles. The molecule has 0 saturated heterocycles. The molecule has 0 aliphatic rings. The second kappa shape index (κ2) is 4.81. The van der Waals surface area contributed by atoms with Crippen molar-refractivity contribution < 1.29 is 5.11 Å². The monoisotopic (exact) mass is 257 g/mol. The Balaban J connectivity index is 2.03. The van der Waals surface area contributed by atoms with Crippen LogP contribution in [0.1, 0.15) is 30.7 Å². The predicted octanol–water partition coefficient (Wildman–Crippen LogP) is 1.42. The molecule has 1 N–H and O–H groups in total. The number of fused-ring (bicyclic) bond motifs is 1. The van der Waals surface area contributed by atoms with E-state index in [9.17, 15) is 5.11 Å². The van der Waals surface area contributed by atoms with Gasteiger partial charge in [0.1, 0.15) is 6.10 Å². The lowest BCUT2D eigenvalue weighted by Gasteiger charge is -2.10. The fourth-order valence-electron chi connectivity index (χ4n) is 2.19. The van der Waals surface area contributed by atoms with E-state index in [4.69, 9.17) is 0 Å². The molecule has 0 aliphatic carbocycles. The second-order valence-corrected chi connectivity index (χ2v) is 4.41. The average Bonchev–Trinajstić information content (AvgIpc) is 3.04. The van der Waals surface area contributed by atoms with Crippen LogP contribution in [0.25, 0.3) is 5.52 Å². The zero-order valence-electron chi connectivity index (χ0n) is 10.6. The molecule has 0 bridgehead atoms. The summed E-state index contributed by atoms with van der Waals surface area (Å²) < 4.78 is 3.48. The van der Waals surface area contributed by atoms with E-state index >= 15 is 0 Å². The zero-order chi connectivity index (χ0) is 13.2. The van der Waals surface area contributed by atoms with Gasteiger partial charge in [0, 0.05) is 18.3 Å². The molecule has 0 fully saturated rings. The van der Waals surface area contributed by atoms with E-state index in [0.29, 0.717) is 5.69 Å². The summed E-state index contributed by atoms with van der Waals surface area (Å²) in [6, 6.07) is 5.76. The minimum Gasteiger partial charge on any atom is -0.382 e. The summed E-state index contributed by atoms with van der Waals surface area (Å²) in [7, 11) is 0. The highest BCUT2D eigenvalue weighted by atomic mass is 16.3. The molecule has 3 aromatic rings. The van der Waals surface area contributed by atoms with Crippen LogP contribution in [0.4, 0.5) is 0 Å². The van der Waals surface area contributed by atoms with Crippen LogP contribution in [0, 0.1) is 0 Å². The van der Waals surface area contributed by atoms with E-state index < -0.39 is 6.10 Å². The van der Waals surface area contributed by atoms with Crippen LogP contribution in [0.3, 0.4) is 0 Å². The molecule has 0 saturated carbocycles. The van der Waals surface area contributed by atoms with Crippen molar-refractivity contribution in [2.45, 2.75) is 26.0 Å². The first-order chi connectivity index (χ1) is 9.31. The molecule has 19 heavy (non-hydrogen) atoms. The van der Waals surface area contributed by atoms with Crippen molar-refractivity contribution in [2.75, 3.05) is 0 Å². The van der Waals surface area contributed by atoms with Gasteiger partial charge in [0.15, 0.2) is 0 Å². The maximum atomic E-state index is 10.5. The Morgan fingerprint density at radius 1 is 1.32 bits per heavy atom.